The first kappa shape index (κ1) is 16.7. The molecule has 24 heavy (non-hydrogen) atoms. The Labute approximate surface area is 141 Å². The third-order valence-electron chi connectivity index (χ3n) is 4.29. The number of rotatable bonds is 1. The van der Waals surface area contributed by atoms with Crippen molar-refractivity contribution in [3.8, 4) is 0 Å². The highest BCUT2D eigenvalue weighted by Crippen LogP contribution is 2.32. The molecule has 0 unspecified atom stereocenters. The van der Waals surface area contributed by atoms with Gasteiger partial charge in [-0.05, 0) is 57.2 Å². The highest BCUT2D eigenvalue weighted by Gasteiger charge is 2.28. The van der Waals surface area contributed by atoms with Gasteiger partial charge in [-0.15, -0.1) is 0 Å². The molecule has 1 fully saturated rings. The van der Waals surface area contributed by atoms with E-state index in [-0.39, 0.29) is 17.8 Å². The lowest BCUT2D eigenvalue weighted by molar-refractivity contribution is 0.0204. The zero-order valence-corrected chi connectivity index (χ0v) is 14.4. The number of carbonyl (C=O) groups is 1. The minimum absolute atomic E-state index is 0.231. The van der Waals surface area contributed by atoms with Gasteiger partial charge in [0.1, 0.15) is 11.4 Å². The molecule has 0 N–H and O–H groups in total. The molecule has 3 rings (SSSR count). The Hall–Kier alpha value is -2.17. The second-order valence-electron chi connectivity index (χ2n) is 7.30. The van der Waals surface area contributed by atoms with Crippen molar-refractivity contribution in [2.75, 3.05) is 13.1 Å². The zero-order chi connectivity index (χ0) is 17.3. The number of piperidine rings is 1. The van der Waals surface area contributed by atoms with Gasteiger partial charge in [-0.3, -0.25) is 4.98 Å². The molecule has 0 bridgehead atoms. The number of fused-ring (bicyclic) bond motifs is 1. The summed E-state index contributed by atoms with van der Waals surface area (Å²) in [6, 6.07) is 6.70. The van der Waals surface area contributed by atoms with Gasteiger partial charge in [0.15, 0.2) is 0 Å². The number of halogens is 1. The van der Waals surface area contributed by atoms with E-state index in [1.165, 1.54) is 6.07 Å². The van der Waals surface area contributed by atoms with E-state index < -0.39 is 5.60 Å². The molecule has 1 aliphatic heterocycles. The fraction of sp³-hybridized carbons (Fsp3) is 0.474. The summed E-state index contributed by atoms with van der Waals surface area (Å²) in [6.07, 6.45) is 3.12. The molecule has 1 amide bonds. The maximum absolute atomic E-state index is 13.6. The summed E-state index contributed by atoms with van der Waals surface area (Å²) in [6.45, 7) is 6.87. The van der Waals surface area contributed by atoms with E-state index in [1.54, 1.807) is 23.2 Å². The van der Waals surface area contributed by atoms with Gasteiger partial charge in [0.25, 0.3) is 0 Å². The average Bonchev–Trinajstić information content (AvgIpc) is 2.53. The predicted octanol–water partition coefficient (Wildman–Crippen LogP) is 4.49. The Morgan fingerprint density at radius 1 is 1.25 bits per heavy atom. The van der Waals surface area contributed by atoms with Gasteiger partial charge in [-0.1, -0.05) is 6.07 Å². The van der Waals surface area contributed by atoms with Crippen LogP contribution in [0.4, 0.5) is 9.18 Å². The van der Waals surface area contributed by atoms with E-state index >= 15 is 0 Å². The SMILES string of the molecule is CC(C)(C)OC(=O)N1CCC(c2nccc3ccc(F)cc23)CC1. The van der Waals surface area contributed by atoms with Crippen molar-refractivity contribution in [3.05, 3.63) is 42.0 Å². The van der Waals surface area contributed by atoms with Crippen LogP contribution in [0.3, 0.4) is 0 Å². The smallest absolute Gasteiger partial charge is 0.410 e. The normalized spacial score (nSPS) is 16.4. The molecule has 2 heterocycles. The summed E-state index contributed by atoms with van der Waals surface area (Å²) < 4.78 is 19.0. The second kappa shape index (κ2) is 6.38. The summed E-state index contributed by atoms with van der Waals surface area (Å²) >= 11 is 0. The minimum atomic E-state index is -0.483. The van der Waals surface area contributed by atoms with Gasteiger partial charge in [0.05, 0.1) is 5.69 Å². The van der Waals surface area contributed by atoms with Crippen LogP contribution in [0, 0.1) is 5.82 Å². The summed E-state index contributed by atoms with van der Waals surface area (Å²) in [5, 5.41) is 1.86. The molecule has 4 nitrogen and oxygen atoms in total. The van der Waals surface area contributed by atoms with Crippen molar-refractivity contribution >= 4 is 16.9 Å². The van der Waals surface area contributed by atoms with E-state index in [2.05, 4.69) is 4.98 Å². The number of benzene rings is 1. The summed E-state index contributed by atoms with van der Waals surface area (Å²) in [4.78, 5) is 18.4. The number of aromatic nitrogens is 1. The van der Waals surface area contributed by atoms with Crippen LogP contribution in [0.25, 0.3) is 10.8 Å². The Morgan fingerprint density at radius 2 is 1.96 bits per heavy atom. The molecule has 1 aliphatic rings. The topological polar surface area (TPSA) is 42.4 Å². The van der Waals surface area contributed by atoms with Gasteiger partial charge in [-0.2, -0.15) is 0 Å². The number of amides is 1. The molecule has 0 atom stereocenters. The maximum Gasteiger partial charge on any atom is 0.410 e. The first-order chi connectivity index (χ1) is 11.3. The van der Waals surface area contributed by atoms with Crippen LogP contribution in [0.5, 0.6) is 0 Å². The Morgan fingerprint density at radius 3 is 2.62 bits per heavy atom. The van der Waals surface area contributed by atoms with Crippen molar-refractivity contribution in [2.45, 2.75) is 45.1 Å². The minimum Gasteiger partial charge on any atom is -0.444 e. The molecule has 0 saturated carbocycles. The molecule has 0 aliphatic carbocycles. The Bertz CT molecular complexity index is 747. The lowest BCUT2D eigenvalue weighted by Gasteiger charge is -2.33. The second-order valence-corrected chi connectivity index (χ2v) is 7.30. The van der Waals surface area contributed by atoms with E-state index in [9.17, 15) is 9.18 Å². The zero-order valence-electron chi connectivity index (χ0n) is 14.4. The van der Waals surface area contributed by atoms with Gasteiger partial charge in [-0.25, -0.2) is 9.18 Å². The maximum atomic E-state index is 13.6. The summed E-state index contributed by atoms with van der Waals surface area (Å²) in [5.74, 6) is -0.0165. The molecule has 1 aromatic heterocycles. The largest absolute Gasteiger partial charge is 0.444 e. The molecule has 128 valence electrons. The van der Waals surface area contributed by atoms with Crippen LogP contribution < -0.4 is 0 Å². The molecular formula is C19H23FN2O2. The van der Waals surface area contributed by atoms with E-state index in [0.717, 1.165) is 29.3 Å². The highest BCUT2D eigenvalue weighted by atomic mass is 19.1. The lowest BCUT2D eigenvalue weighted by Crippen LogP contribution is -2.41. The van der Waals surface area contributed by atoms with Crippen molar-refractivity contribution in [1.29, 1.82) is 0 Å². The quantitative estimate of drug-likeness (QED) is 0.774. The van der Waals surface area contributed by atoms with Gasteiger partial charge >= 0.3 is 6.09 Å². The third-order valence-corrected chi connectivity index (χ3v) is 4.29. The van der Waals surface area contributed by atoms with E-state index in [1.807, 2.05) is 26.8 Å². The van der Waals surface area contributed by atoms with Gasteiger partial charge in [0, 0.05) is 30.6 Å². The van der Waals surface area contributed by atoms with Crippen LogP contribution in [-0.2, 0) is 4.74 Å². The highest BCUT2D eigenvalue weighted by molar-refractivity contribution is 5.84. The molecule has 5 heteroatoms. The van der Waals surface area contributed by atoms with Crippen LogP contribution in [0.2, 0.25) is 0 Å². The standard InChI is InChI=1S/C19H23FN2O2/c1-19(2,3)24-18(23)22-10-7-14(8-11-22)17-16-12-15(20)5-4-13(16)6-9-21-17/h4-6,9,12,14H,7-8,10-11H2,1-3H3. The predicted molar refractivity (Wildman–Crippen MR) is 91.5 cm³/mol. The number of likely N-dealkylation sites (tertiary alicyclic amines) is 1. The van der Waals surface area contributed by atoms with Crippen molar-refractivity contribution in [2.24, 2.45) is 0 Å². The number of hydrogen-bond acceptors (Lipinski definition) is 3. The molecule has 1 saturated heterocycles. The van der Waals surface area contributed by atoms with Crippen LogP contribution >= 0.6 is 0 Å². The monoisotopic (exact) mass is 330 g/mol. The first-order valence-corrected chi connectivity index (χ1v) is 8.35. The first-order valence-electron chi connectivity index (χ1n) is 8.35. The molecule has 0 radical (unpaired) electrons. The van der Waals surface area contributed by atoms with Crippen LogP contribution in [0.15, 0.2) is 30.5 Å². The van der Waals surface area contributed by atoms with Crippen molar-refractivity contribution < 1.29 is 13.9 Å². The Balaban J connectivity index is 1.73. The van der Waals surface area contributed by atoms with Crippen molar-refractivity contribution in [1.82, 2.24) is 9.88 Å². The fourth-order valence-electron chi connectivity index (χ4n) is 3.15. The van der Waals surface area contributed by atoms with E-state index in [0.29, 0.717) is 13.1 Å². The van der Waals surface area contributed by atoms with E-state index in [4.69, 9.17) is 4.74 Å². The number of ether oxygens (including phenoxy) is 1. The van der Waals surface area contributed by atoms with Crippen molar-refractivity contribution in [3.63, 3.8) is 0 Å². The number of hydrogen-bond donors (Lipinski definition) is 0. The number of carbonyl (C=O) groups excluding carboxylic acids is 1. The number of pyridine rings is 1. The van der Waals surface area contributed by atoms with Crippen LogP contribution in [-0.4, -0.2) is 34.7 Å². The molecule has 0 spiro atoms. The lowest BCUT2D eigenvalue weighted by atomic mass is 9.90. The summed E-state index contributed by atoms with van der Waals surface area (Å²) in [5.41, 5.74) is 0.443. The van der Waals surface area contributed by atoms with Gasteiger partial charge < -0.3 is 9.64 Å². The average molecular weight is 330 g/mol. The van der Waals surface area contributed by atoms with Crippen LogP contribution in [0.1, 0.15) is 45.2 Å². The molecule has 1 aromatic carbocycles. The summed E-state index contributed by atoms with van der Waals surface area (Å²) in [7, 11) is 0. The number of nitrogens with zero attached hydrogens (tertiary/aromatic N) is 2. The fourth-order valence-corrected chi connectivity index (χ4v) is 3.15. The van der Waals surface area contributed by atoms with Gasteiger partial charge in [0.2, 0.25) is 0 Å². The molecule has 2 aromatic rings. The molecular weight excluding hydrogens is 307 g/mol. The Kier molecular flexibility index (Phi) is 4.43. The third kappa shape index (κ3) is 3.66.